The van der Waals surface area contributed by atoms with Gasteiger partial charge in [0.05, 0.1) is 4.92 Å². The first-order valence-electron chi connectivity index (χ1n) is 6.18. The maximum atomic E-state index is 11.2. The van der Waals surface area contributed by atoms with Crippen LogP contribution in [-0.2, 0) is 6.42 Å². The number of hydrazine groups is 1. The minimum Gasteiger partial charge on any atom is -0.320 e. The molecule has 0 atom stereocenters. The highest BCUT2D eigenvalue weighted by atomic mass is 16.6. The van der Waals surface area contributed by atoms with E-state index in [-0.39, 0.29) is 5.69 Å². The Labute approximate surface area is 115 Å². The number of aromatic nitrogens is 1. The summed E-state index contributed by atoms with van der Waals surface area (Å²) in [6.07, 6.45) is 0.843. The molecule has 0 saturated carbocycles. The Kier molecular flexibility index (Phi) is 2.96. The summed E-state index contributed by atoms with van der Waals surface area (Å²) >= 11 is 0. The van der Waals surface area contributed by atoms with Gasteiger partial charge in [0.25, 0.3) is 0 Å². The number of nitrogens with zero attached hydrogens (tertiary/aromatic N) is 3. The van der Waals surface area contributed by atoms with Crippen LogP contribution < -0.4 is 16.2 Å². The molecule has 102 valence electrons. The van der Waals surface area contributed by atoms with E-state index in [1.807, 2.05) is 29.2 Å². The summed E-state index contributed by atoms with van der Waals surface area (Å²) in [5.41, 5.74) is 4.51. The van der Waals surface area contributed by atoms with E-state index in [0.717, 1.165) is 17.7 Å². The summed E-state index contributed by atoms with van der Waals surface area (Å²) in [5, 5.41) is 11.2. The minimum absolute atomic E-state index is 0.0271. The second-order valence-electron chi connectivity index (χ2n) is 4.47. The van der Waals surface area contributed by atoms with Gasteiger partial charge < -0.3 is 10.3 Å². The molecule has 1 aliphatic rings. The van der Waals surface area contributed by atoms with Crippen molar-refractivity contribution in [3.63, 3.8) is 0 Å². The van der Waals surface area contributed by atoms with Crippen molar-refractivity contribution >= 4 is 23.0 Å². The highest BCUT2D eigenvalue weighted by Gasteiger charge is 2.27. The molecule has 1 aromatic heterocycles. The normalized spacial score (nSPS) is 13.2. The van der Waals surface area contributed by atoms with Crippen molar-refractivity contribution < 1.29 is 4.92 Å². The van der Waals surface area contributed by atoms with Crippen LogP contribution in [0.1, 0.15) is 5.56 Å². The first-order chi connectivity index (χ1) is 9.70. The van der Waals surface area contributed by atoms with Gasteiger partial charge in [-0.05, 0) is 24.1 Å². The highest BCUT2D eigenvalue weighted by Crippen LogP contribution is 2.38. The molecule has 1 aliphatic heterocycles. The number of para-hydroxylation sites is 1. The fraction of sp³-hybridized carbons (Fsp3) is 0.154. The van der Waals surface area contributed by atoms with Gasteiger partial charge in [-0.15, -0.1) is 0 Å². The quantitative estimate of drug-likeness (QED) is 0.503. The average Bonchev–Trinajstić information content (AvgIpc) is 2.90. The smallest absolute Gasteiger partial charge is 0.312 e. The van der Waals surface area contributed by atoms with Gasteiger partial charge in [-0.1, -0.05) is 18.2 Å². The number of nitro groups is 1. The Balaban J connectivity index is 2.12. The maximum Gasteiger partial charge on any atom is 0.312 e. The zero-order valence-electron chi connectivity index (χ0n) is 10.6. The van der Waals surface area contributed by atoms with Gasteiger partial charge in [-0.2, -0.15) is 0 Å². The third-order valence-electron chi connectivity index (χ3n) is 3.34. The van der Waals surface area contributed by atoms with Crippen molar-refractivity contribution in [2.75, 3.05) is 16.9 Å². The van der Waals surface area contributed by atoms with E-state index < -0.39 is 4.92 Å². The lowest BCUT2D eigenvalue weighted by atomic mass is 10.2. The molecular formula is C13H13N5O2. The Morgan fingerprint density at radius 2 is 2.10 bits per heavy atom. The lowest BCUT2D eigenvalue weighted by Gasteiger charge is -2.18. The molecule has 0 saturated heterocycles. The number of fused-ring (bicyclic) bond motifs is 1. The number of benzene rings is 1. The Morgan fingerprint density at radius 3 is 2.85 bits per heavy atom. The maximum absolute atomic E-state index is 11.2. The third-order valence-corrected chi connectivity index (χ3v) is 3.34. The fourth-order valence-corrected chi connectivity index (χ4v) is 2.42. The van der Waals surface area contributed by atoms with E-state index in [2.05, 4.69) is 10.4 Å². The molecule has 0 unspecified atom stereocenters. The highest BCUT2D eigenvalue weighted by molar-refractivity contribution is 5.74. The van der Waals surface area contributed by atoms with E-state index in [1.54, 1.807) is 0 Å². The molecule has 0 bridgehead atoms. The van der Waals surface area contributed by atoms with Crippen LogP contribution in [-0.4, -0.2) is 16.5 Å². The van der Waals surface area contributed by atoms with Gasteiger partial charge >= 0.3 is 5.69 Å². The van der Waals surface area contributed by atoms with Crippen LogP contribution in [0.2, 0.25) is 0 Å². The summed E-state index contributed by atoms with van der Waals surface area (Å²) in [6.45, 7) is 0.668. The van der Waals surface area contributed by atoms with Crippen molar-refractivity contribution in [1.29, 1.82) is 0 Å². The van der Waals surface area contributed by atoms with Crippen molar-refractivity contribution in [3.05, 3.63) is 52.1 Å². The summed E-state index contributed by atoms with van der Waals surface area (Å²) < 4.78 is 0. The van der Waals surface area contributed by atoms with E-state index in [1.165, 1.54) is 12.1 Å². The molecule has 2 heterocycles. The largest absolute Gasteiger partial charge is 0.320 e. The number of pyridine rings is 1. The molecule has 20 heavy (non-hydrogen) atoms. The summed E-state index contributed by atoms with van der Waals surface area (Å²) in [5.74, 6) is 6.05. The van der Waals surface area contributed by atoms with Crippen LogP contribution in [0.25, 0.3) is 0 Å². The van der Waals surface area contributed by atoms with E-state index >= 15 is 0 Å². The Hall–Kier alpha value is -2.67. The predicted octanol–water partition coefficient (Wildman–Crippen LogP) is 1.97. The van der Waals surface area contributed by atoms with Crippen molar-refractivity contribution in [3.8, 4) is 0 Å². The summed E-state index contributed by atoms with van der Waals surface area (Å²) in [7, 11) is 0. The number of hydrogen-bond donors (Lipinski definition) is 2. The van der Waals surface area contributed by atoms with Gasteiger partial charge in [-0.25, -0.2) is 10.8 Å². The number of anilines is 3. The van der Waals surface area contributed by atoms with Crippen molar-refractivity contribution in [2.24, 2.45) is 5.84 Å². The molecule has 1 aromatic carbocycles. The number of nitrogens with one attached hydrogen (secondary N) is 1. The summed E-state index contributed by atoms with van der Waals surface area (Å²) in [4.78, 5) is 16.8. The lowest BCUT2D eigenvalue weighted by molar-refractivity contribution is -0.384. The molecule has 7 heteroatoms. The molecule has 3 rings (SSSR count). The second kappa shape index (κ2) is 4.78. The first kappa shape index (κ1) is 12.4. The molecule has 0 radical (unpaired) electrons. The van der Waals surface area contributed by atoms with Crippen LogP contribution in [0.5, 0.6) is 0 Å². The van der Waals surface area contributed by atoms with E-state index in [0.29, 0.717) is 18.2 Å². The number of nitrogens with two attached hydrogens (primary N) is 1. The standard InChI is InChI=1S/C13H13N5O2/c14-16-12-6-5-11(18(19)20)13(15-12)17-8-7-9-3-1-2-4-10(9)17/h1-6H,7-8,14H2,(H,15,16). The van der Waals surface area contributed by atoms with Crippen molar-refractivity contribution in [2.45, 2.75) is 6.42 Å². The fourth-order valence-electron chi connectivity index (χ4n) is 2.42. The van der Waals surface area contributed by atoms with Crippen LogP contribution in [0.3, 0.4) is 0 Å². The lowest BCUT2D eigenvalue weighted by Crippen LogP contribution is -2.18. The van der Waals surface area contributed by atoms with E-state index in [4.69, 9.17) is 5.84 Å². The van der Waals surface area contributed by atoms with Crippen molar-refractivity contribution in [1.82, 2.24) is 4.98 Å². The van der Waals surface area contributed by atoms with Crippen LogP contribution in [0.15, 0.2) is 36.4 Å². The van der Waals surface area contributed by atoms with Gasteiger partial charge in [0.2, 0.25) is 5.82 Å². The molecule has 7 nitrogen and oxygen atoms in total. The SMILES string of the molecule is NNc1ccc([N+](=O)[O-])c(N2CCc3ccccc32)n1. The summed E-state index contributed by atoms with van der Waals surface area (Å²) in [6, 6.07) is 10.7. The Bertz CT molecular complexity index is 674. The zero-order valence-corrected chi connectivity index (χ0v) is 10.6. The van der Waals surface area contributed by atoms with Crippen LogP contribution in [0.4, 0.5) is 23.0 Å². The topological polar surface area (TPSA) is 97.3 Å². The molecule has 2 aromatic rings. The molecule has 0 spiro atoms. The molecule has 0 fully saturated rings. The second-order valence-corrected chi connectivity index (χ2v) is 4.47. The number of nitrogen functional groups attached to an aromatic ring is 1. The zero-order chi connectivity index (χ0) is 14.1. The average molecular weight is 271 g/mol. The van der Waals surface area contributed by atoms with Crippen LogP contribution >= 0.6 is 0 Å². The van der Waals surface area contributed by atoms with Gasteiger partial charge in [-0.3, -0.25) is 10.1 Å². The molecule has 3 N–H and O–H groups in total. The van der Waals surface area contributed by atoms with Crippen LogP contribution in [0, 0.1) is 10.1 Å². The minimum atomic E-state index is -0.427. The third kappa shape index (κ3) is 1.94. The number of hydrogen-bond acceptors (Lipinski definition) is 6. The first-order valence-corrected chi connectivity index (χ1v) is 6.18. The molecule has 0 amide bonds. The van der Waals surface area contributed by atoms with E-state index in [9.17, 15) is 10.1 Å². The Morgan fingerprint density at radius 1 is 1.30 bits per heavy atom. The van der Waals surface area contributed by atoms with Gasteiger partial charge in [0.1, 0.15) is 5.82 Å². The van der Waals surface area contributed by atoms with Gasteiger partial charge in [0.15, 0.2) is 0 Å². The van der Waals surface area contributed by atoms with Gasteiger partial charge in [0, 0.05) is 18.3 Å². The monoisotopic (exact) mass is 271 g/mol. The molecular weight excluding hydrogens is 258 g/mol. The number of rotatable bonds is 3. The molecule has 0 aliphatic carbocycles. The predicted molar refractivity (Wildman–Crippen MR) is 75.9 cm³/mol.